The van der Waals surface area contributed by atoms with Crippen molar-refractivity contribution in [3.8, 4) is 0 Å². The smallest absolute Gasteiger partial charge is 0.262 e. The van der Waals surface area contributed by atoms with Crippen LogP contribution in [0.4, 0.5) is 0 Å². The highest BCUT2D eigenvalue weighted by atomic mass is 16.1. The van der Waals surface area contributed by atoms with Gasteiger partial charge in [-0.25, -0.2) is 0 Å². The molecule has 0 N–H and O–H groups in total. The first-order valence-corrected chi connectivity index (χ1v) is 3.48. The van der Waals surface area contributed by atoms with Crippen LogP contribution in [0.5, 0.6) is 0 Å². The van der Waals surface area contributed by atoms with E-state index in [0.717, 1.165) is 0 Å². The number of allylic oxidation sites excluding steroid dienone is 1. The van der Waals surface area contributed by atoms with E-state index in [1.807, 2.05) is 0 Å². The van der Waals surface area contributed by atoms with Gasteiger partial charge >= 0.3 is 0 Å². The van der Waals surface area contributed by atoms with E-state index in [1.54, 1.807) is 24.6 Å². The SMILES string of the molecule is C=CCn1cccc([C]=O)c1=O. The molecule has 1 heterocycles. The monoisotopic (exact) mass is 162 g/mol. The van der Waals surface area contributed by atoms with E-state index in [9.17, 15) is 9.59 Å². The fourth-order valence-electron chi connectivity index (χ4n) is 0.897. The van der Waals surface area contributed by atoms with E-state index in [0.29, 0.717) is 6.54 Å². The van der Waals surface area contributed by atoms with Crippen molar-refractivity contribution >= 4 is 6.29 Å². The molecule has 0 atom stereocenters. The number of carbonyl (C=O) groups excluding carboxylic acids is 1. The summed E-state index contributed by atoms with van der Waals surface area (Å²) in [5.74, 6) is 0. The van der Waals surface area contributed by atoms with Crippen molar-refractivity contribution in [1.82, 2.24) is 4.57 Å². The Balaban J connectivity index is 3.22. The van der Waals surface area contributed by atoms with Gasteiger partial charge in [0.25, 0.3) is 5.56 Å². The fraction of sp³-hybridized carbons (Fsp3) is 0.111. The summed E-state index contributed by atoms with van der Waals surface area (Å²) in [5, 5.41) is 0. The van der Waals surface area contributed by atoms with E-state index in [1.165, 1.54) is 10.6 Å². The number of nitrogens with zero attached hydrogens (tertiary/aromatic N) is 1. The maximum Gasteiger partial charge on any atom is 0.262 e. The van der Waals surface area contributed by atoms with Crippen molar-refractivity contribution in [3.05, 3.63) is 46.9 Å². The van der Waals surface area contributed by atoms with Crippen LogP contribution in [0.3, 0.4) is 0 Å². The lowest BCUT2D eigenvalue weighted by atomic mass is 10.3. The molecule has 3 heteroatoms. The minimum Gasteiger partial charge on any atom is -0.311 e. The van der Waals surface area contributed by atoms with Crippen molar-refractivity contribution in [2.75, 3.05) is 0 Å². The third kappa shape index (κ3) is 1.50. The summed E-state index contributed by atoms with van der Waals surface area (Å²) in [5.41, 5.74) is -0.272. The Kier molecular flexibility index (Phi) is 2.58. The lowest BCUT2D eigenvalue weighted by Crippen LogP contribution is -2.21. The number of hydrogen-bond donors (Lipinski definition) is 0. The molecule has 0 aliphatic carbocycles. The molecule has 1 aromatic rings. The molecular weight excluding hydrogens is 154 g/mol. The molecular formula is C9H8NO2. The molecule has 1 radical (unpaired) electrons. The minimum absolute atomic E-state index is 0.0550. The first kappa shape index (κ1) is 8.46. The van der Waals surface area contributed by atoms with Gasteiger partial charge in [0.15, 0.2) is 0 Å². The molecule has 0 saturated heterocycles. The summed E-state index contributed by atoms with van der Waals surface area (Å²) in [6, 6.07) is 3.07. The lowest BCUT2D eigenvalue weighted by Gasteiger charge is -1.99. The van der Waals surface area contributed by atoms with Crippen LogP contribution in [0, 0.1) is 0 Å². The van der Waals surface area contributed by atoms with Crippen LogP contribution in [-0.4, -0.2) is 10.9 Å². The van der Waals surface area contributed by atoms with Crippen molar-refractivity contribution in [1.29, 1.82) is 0 Å². The van der Waals surface area contributed by atoms with Crippen LogP contribution in [0.2, 0.25) is 0 Å². The molecule has 0 bridgehead atoms. The second-order valence-electron chi connectivity index (χ2n) is 2.27. The highest BCUT2D eigenvalue weighted by Crippen LogP contribution is 1.87. The van der Waals surface area contributed by atoms with Crippen LogP contribution in [0.15, 0.2) is 35.8 Å². The molecule has 61 valence electrons. The van der Waals surface area contributed by atoms with Gasteiger partial charge in [-0.2, -0.15) is 0 Å². The Bertz CT molecular complexity index is 352. The number of rotatable bonds is 3. The summed E-state index contributed by atoms with van der Waals surface area (Å²) in [4.78, 5) is 21.5. The summed E-state index contributed by atoms with van der Waals surface area (Å²) >= 11 is 0. The molecule has 0 aliphatic heterocycles. The summed E-state index contributed by atoms with van der Waals surface area (Å²) in [6.45, 7) is 3.91. The van der Waals surface area contributed by atoms with Gasteiger partial charge in [0.1, 0.15) is 0 Å². The van der Waals surface area contributed by atoms with Gasteiger partial charge in [0.2, 0.25) is 6.29 Å². The summed E-state index contributed by atoms with van der Waals surface area (Å²) in [7, 11) is 0. The maximum atomic E-state index is 11.2. The standard InChI is InChI=1S/C9H8NO2/c1-2-5-10-6-3-4-8(7-11)9(10)12/h2-4,6H,1,5H2. The molecule has 0 unspecified atom stereocenters. The molecule has 12 heavy (non-hydrogen) atoms. The Morgan fingerprint density at radius 3 is 3.00 bits per heavy atom. The van der Waals surface area contributed by atoms with Crippen molar-refractivity contribution in [3.63, 3.8) is 0 Å². The molecule has 0 amide bonds. The van der Waals surface area contributed by atoms with Gasteiger partial charge in [-0.1, -0.05) is 6.08 Å². The van der Waals surface area contributed by atoms with Crippen molar-refractivity contribution < 1.29 is 4.79 Å². The Morgan fingerprint density at radius 1 is 1.67 bits per heavy atom. The Morgan fingerprint density at radius 2 is 2.42 bits per heavy atom. The van der Waals surface area contributed by atoms with Gasteiger partial charge in [-0.3, -0.25) is 9.59 Å². The van der Waals surface area contributed by atoms with E-state index in [-0.39, 0.29) is 11.1 Å². The quantitative estimate of drug-likeness (QED) is 0.607. The molecule has 0 saturated carbocycles. The Hall–Kier alpha value is -1.64. The second kappa shape index (κ2) is 3.67. The zero-order valence-electron chi connectivity index (χ0n) is 6.49. The van der Waals surface area contributed by atoms with Gasteiger partial charge in [0, 0.05) is 12.7 Å². The summed E-state index contributed by atoms with van der Waals surface area (Å²) in [6.07, 6.45) is 4.77. The first-order chi connectivity index (χ1) is 5.79. The molecule has 0 fully saturated rings. The normalized spacial score (nSPS) is 9.33. The fourth-order valence-corrected chi connectivity index (χ4v) is 0.897. The molecule has 0 aliphatic rings. The van der Waals surface area contributed by atoms with Gasteiger partial charge in [0.05, 0.1) is 5.56 Å². The van der Waals surface area contributed by atoms with Gasteiger partial charge < -0.3 is 4.57 Å². The van der Waals surface area contributed by atoms with Gasteiger partial charge in [-0.05, 0) is 12.1 Å². The molecule has 3 nitrogen and oxygen atoms in total. The average Bonchev–Trinajstić information content (AvgIpc) is 2.09. The van der Waals surface area contributed by atoms with Crippen LogP contribution in [-0.2, 0) is 11.3 Å². The van der Waals surface area contributed by atoms with E-state index in [4.69, 9.17) is 0 Å². The predicted molar refractivity (Wildman–Crippen MR) is 45.7 cm³/mol. The van der Waals surface area contributed by atoms with Crippen molar-refractivity contribution in [2.24, 2.45) is 0 Å². The van der Waals surface area contributed by atoms with Crippen LogP contribution in [0.1, 0.15) is 5.56 Å². The highest BCUT2D eigenvalue weighted by Gasteiger charge is 1.99. The Labute approximate surface area is 70.0 Å². The minimum atomic E-state index is -0.326. The molecule has 0 spiro atoms. The topological polar surface area (TPSA) is 39.1 Å². The molecule has 1 rings (SSSR count). The van der Waals surface area contributed by atoms with Crippen molar-refractivity contribution in [2.45, 2.75) is 6.54 Å². The van der Waals surface area contributed by atoms with Crippen LogP contribution < -0.4 is 5.56 Å². The molecule has 0 aromatic carbocycles. The molecule has 1 aromatic heterocycles. The zero-order chi connectivity index (χ0) is 8.97. The highest BCUT2D eigenvalue weighted by molar-refractivity contribution is 5.74. The largest absolute Gasteiger partial charge is 0.311 e. The number of aromatic nitrogens is 1. The summed E-state index contributed by atoms with van der Waals surface area (Å²) < 4.78 is 1.40. The third-order valence-electron chi connectivity index (χ3n) is 1.46. The predicted octanol–water partition coefficient (Wildman–Crippen LogP) is 0.492. The zero-order valence-corrected chi connectivity index (χ0v) is 6.49. The second-order valence-corrected chi connectivity index (χ2v) is 2.27. The van der Waals surface area contributed by atoms with Gasteiger partial charge in [-0.15, -0.1) is 6.58 Å². The third-order valence-corrected chi connectivity index (χ3v) is 1.46. The number of pyridine rings is 1. The van der Waals surface area contributed by atoms with E-state index in [2.05, 4.69) is 6.58 Å². The average molecular weight is 162 g/mol. The lowest BCUT2D eigenvalue weighted by molar-refractivity contribution is 0.561. The van der Waals surface area contributed by atoms with Crippen LogP contribution >= 0.6 is 0 Å². The van der Waals surface area contributed by atoms with E-state index >= 15 is 0 Å². The first-order valence-electron chi connectivity index (χ1n) is 3.48. The van der Waals surface area contributed by atoms with E-state index < -0.39 is 0 Å². The van der Waals surface area contributed by atoms with Crippen LogP contribution in [0.25, 0.3) is 0 Å². The number of hydrogen-bond acceptors (Lipinski definition) is 2. The maximum absolute atomic E-state index is 11.2.